The molecule has 0 atom stereocenters. The number of benzene rings is 1. The molecular weight excluding hydrogens is 230 g/mol. The van der Waals surface area contributed by atoms with Crippen LogP contribution in [-0.2, 0) is 6.54 Å². The first-order valence-corrected chi connectivity index (χ1v) is 5.42. The summed E-state index contributed by atoms with van der Waals surface area (Å²) in [6.45, 7) is 0.580. The lowest BCUT2D eigenvalue weighted by molar-refractivity contribution is 0.0698. The molecule has 1 aromatic carbocycles. The highest BCUT2D eigenvalue weighted by molar-refractivity contribution is 5.94. The maximum Gasteiger partial charge on any atom is 0.337 e. The fraction of sp³-hybridized carbons (Fsp3) is 0.0769. The van der Waals surface area contributed by atoms with Crippen LogP contribution in [0.15, 0.2) is 42.7 Å². The van der Waals surface area contributed by atoms with Gasteiger partial charge in [-0.3, -0.25) is 4.98 Å². The summed E-state index contributed by atoms with van der Waals surface area (Å²) in [5.74, 6) is -1.03. The summed E-state index contributed by atoms with van der Waals surface area (Å²) < 4.78 is 0. The van der Waals surface area contributed by atoms with Crippen molar-refractivity contribution in [2.24, 2.45) is 0 Å². The van der Waals surface area contributed by atoms with Gasteiger partial charge in [0.15, 0.2) is 0 Å². The molecule has 0 aliphatic carbocycles. The molecule has 0 amide bonds. The Morgan fingerprint density at radius 1 is 1.39 bits per heavy atom. The van der Waals surface area contributed by atoms with Crippen molar-refractivity contribution in [1.29, 1.82) is 0 Å². The van der Waals surface area contributed by atoms with E-state index >= 15 is 0 Å². The maximum atomic E-state index is 10.9. The number of aromatic nitrogens is 1. The lowest BCUT2D eigenvalue weighted by Crippen LogP contribution is -2.05. The van der Waals surface area contributed by atoms with Crippen molar-refractivity contribution in [1.82, 2.24) is 4.98 Å². The van der Waals surface area contributed by atoms with Gasteiger partial charge in [0.25, 0.3) is 0 Å². The van der Waals surface area contributed by atoms with Crippen LogP contribution >= 0.6 is 0 Å². The SMILES string of the molecule is Nc1ccc(NCc2cccnc2)cc1C(=O)O. The minimum Gasteiger partial charge on any atom is -0.478 e. The molecule has 0 radical (unpaired) electrons. The summed E-state index contributed by atoms with van der Waals surface area (Å²) >= 11 is 0. The number of hydrogen-bond acceptors (Lipinski definition) is 4. The predicted octanol–water partition coefficient (Wildman–Crippen LogP) is 1.97. The molecule has 5 nitrogen and oxygen atoms in total. The zero-order valence-corrected chi connectivity index (χ0v) is 9.63. The first-order valence-electron chi connectivity index (χ1n) is 5.42. The molecule has 0 aliphatic rings. The second-order valence-electron chi connectivity index (χ2n) is 3.82. The molecule has 1 aromatic heterocycles. The van der Waals surface area contributed by atoms with Crippen molar-refractivity contribution in [3.63, 3.8) is 0 Å². The molecule has 2 rings (SSSR count). The van der Waals surface area contributed by atoms with Crippen molar-refractivity contribution < 1.29 is 9.90 Å². The van der Waals surface area contributed by atoms with E-state index in [1.54, 1.807) is 24.5 Å². The van der Waals surface area contributed by atoms with Gasteiger partial charge in [0, 0.05) is 30.3 Å². The summed E-state index contributed by atoms with van der Waals surface area (Å²) in [5, 5.41) is 12.1. The summed E-state index contributed by atoms with van der Waals surface area (Å²) in [6, 6.07) is 8.64. The first kappa shape index (κ1) is 11.9. The van der Waals surface area contributed by atoms with Gasteiger partial charge in [-0.2, -0.15) is 0 Å². The smallest absolute Gasteiger partial charge is 0.337 e. The Bertz CT molecular complexity index is 555. The zero-order chi connectivity index (χ0) is 13.0. The van der Waals surface area contributed by atoms with Crippen molar-refractivity contribution in [2.75, 3.05) is 11.1 Å². The number of carboxylic acids is 1. The number of nitrogen functional groups attached to an aromatic ring is 1. The minimum absolute atomic E-state index is 0.103. The van der Waals surface area contributed by atoms with Gasteiger partial charge in [0.1, 0.15) is 0 Å². The Morgan fingerprint density at radius 3 is 2.89 bits per heavy atom. The fourth-order valence-corrected chi connectivity index (χ4v) is 1.56. The van der Waals surface area contributed by atoms with Crippen LogP contribution in [0.25, 0.3) is 0 Å². The van der Waals surface area contributed by atoms with Crippen LogP contribution in [0.3, 0.4) is 0 Å². The zero-order valence-electron chi connectivity index (χ0n) is 9.63. The number of nitrogens with one attached hydrogen (secondary N) is 1. The average Bonchev–Trinajstić information content (AvgIpc) is 2.38. The number of anilines is 2. The van der Waals surface area contributed by atoms with Crippen molar-refractivity contribution >= 4 is 17.3 Å². The van der Waals surface area contributed by atoms with E-state index < -0.39 is 5.97 Å². The normalized spacial score (nSPS) is 10.0. The van der Waals surface area contributed by atoms with Crippen LogP contribution in [0.1, 0.15) is 15.9 Å². The maximum absolute atomic E-state index is 10.9. The molecule has 0 spiro atoms. The Morgan fingerprint density at radius 2 is 2.22 bits per heavy atom. The Labute approximate surface area is 104 Å². The Kier molecular flexibility index (Phi) is 3.43. The molecule has 0 saturated heterocycles. The third-order valence-corrected chi connectivity index (χ3v) is 2.50. The van der Waals surface area contributed by atoms with Crippen LogP contribution in [-0.4, -0.2) is 16.1 Å². The van der Waals surface area contributed by atoms with E-state index in [2.05, 4.69) is 10.3 Å². The lowest BCUT2D eigenvalue weighted by Gasteiger charge is -2.08. The van der Waals surface area contributed by atoms with Gasteiger partial charge in [-0.1, -0.05) is 6.07 Å². The summed E-state index contributed by atoms with van der Waals surface area (Å²) in [7, 11) is 0. The molecule has 18 heavy (non-hydrogen) atoms. The molecule has 0 bridgehead atoms. The van der Waals surface area contributed by atoms with Gasteiger partial charge < -0.3 is 16.2 Å². The number of nitrogens with zero attached hydrogens (tertiary/aromatic N) is 1. The van der Waals surface area contributed by atoms with E-state index in [-0.39, 0.29) is 11.3 Å². The molecular formula is C13H13N3O2. The summed E-state index contributed by atoms with van der Waals surface area (Å²) in [4.78, 5) is 14.9. The van der Waals surface area contributed by atoms with E-state index in [1.165, 1.54) is 6.07 Å². The molecule has 4 N–H and O–H groups in total. The monoisotopic (exact) mass is 243 g/mol. The van der Waals surface area contributed by atoms with Gasteiger partial charge >= 0.3 is 5.97 Å². The molecule has 0 saturated carbocycles. The third-order valence-electron chi connectivity index (χ3n) is 2.50. The van der Waals surface area contributed by atoms with Crippen molar-refractivity contribution in [3.05, 3.63) is 53.9 Å². The third kappa shape index (κ3) is 2.76. The van der Waals surface area contributed by atoms with Gasteiger partial charge in [0.2, 0.25) is 0 Å². The van der Waals surface area contributed by atoms with Gasteiger partial charge in [-0.25, -0.2) is 4.79 Å². The van der Waals surface area contributed by atoms with Gasteiger partial charge in [0.05, 0.1) is 5.56 Å². The standard InChI is InChI=1S/C13H13N3O2/c14-12-4-3-10(6-11(12)13(17)18)16-8-9-2-1-5-15-7-9/h1-7,16H,8,14H2,(H,17,18). The Hall–Kier alpha value is -2.56. The number of nitrogens with two attached hydrogens (primary N) is 1. The number of hydrogen-bond donors (Lipinski definition) is 3. The van der Waals surface area contributed by atoms with Crippen LogP contribution in [0.5, 0.6) is 0 Å². The van der Waals surface area contributed by atoms with E-state index in [9.17, 15) is 4.79 Å². The lowest BCUT2D eigenvalue weighted by atomic mass is 10.1. The van der Waals surface area contributed by atoms with Crippen molar-refractivity contribution in [2.45, 2.75) is 6.54 Å². The van der Waals surface area contributed by atoms with E-state index in [0.29, 0.717) is 12.2 Å². The molecule has 0 fully saturated rings. The molecule has 0 unspecified atom stereocenters. The molecule has 92 valence electrons. The first-order chi connectivity index (χ1) is 8.66. The fourth-order valence-electron chi connectivity index (χ4n) is 1.56. The highest BCUT2D eigenvalue weighted by atomic mass is 16.4. The van der Waals surface area contributed by atoms with E-state index in [0.717, 1.165) is 5.56 Å². The number of pyridine rings is 1. The number of carbonyl (C=O) groups is 1. The van der Waals surface area contributed by atoms with Crippen LogP contribution < -0.4 is 11.1 Å². The van der Waals surface area contributed by atoms with Crippen LogP contribution in [0, 0.1) is 0 Å². The van der Waals surface area contributed by atoms with Crippen LogP contribution in [0.2, 0.25) is 0 Å². The number of rotatable bonds is 4. The average molecular weight is 243 g/mol. The van der Waals surface area contributed by atoms with E-state index in [4.69, 9.17) is 10.8 Å². The second kappa shape index (κ2) is 5.18. The number of aromatic carboxylic acids is 1. The Balaban J connectivity index is 2.11. The number of carboxylic acid groups (broad SMARTS) is 1. The van der Waals surface area contributed by atoms with Crippen molar-refractivity contribution in [3.8, 4) is 0 Å². The minimum atomic E-state index is -1.03. The predicted molar refractivity (Wildman–Crippen MR) is 69.4 cm³/mol. The van der Waals surface area contributed by atoms with E-state index in [1.807, 2.05) is 12.1 Å². The molecule has 1 heterocycles. The van der Waals surface area contributed by atoms with Crippen LogP contribution in [0.4, 0.5) is 11.4 Å². The second-order valence-corrected chi connectivity index (χ2v) is 3.82. The molecule has 2 aromatic rings. The topological polar surface area (TPSA) is 88.2 Å². The van der Waals surface area contributed by atoms with Gasteiger partial charge in [-0.05, 0) is 29.8 Å². The highest BCUT2D eigenvalue weighted by Gasteiger charge is 2.08. The van der Waals surface area contributed by atoms with Gasteiger partial charge in [-0.15, -0.1) is 0 Å². The molecule has 5 heteroatoms. The quantitative estimate of drug-likeness (QED) is 0.714. The summed E-state index contributed by atoms with van der Waals surface area (Å²) in [6.07, 6.45) is 3.46. The molecule has 0 aliphatic heterocycles. The largest absolute Gasteiger partial charge is 0.478 e. The summed E-state index contributed by atoms with van der Waals surface area (Å²) in [5.41, 5.74) is 7.67. The highest BCUT2D eigenvalue weighted by Crippen LogP contribution is 2.18.